The van der Waals surface area contributed by atoms with Crippen LogP contribution in [0.4, 0.5) is 4.39 Å². The fourth-order valence-corrected chi connectivity index (χ4v) is 3.72. The van der Waals surface area contributed by atoms with E-state index in [9.17, 15) is 9.18 Å². The predicted octanol–water partition coefficient (Wildman–Crippen LogP) is 4.44. The maximum atomic E-state index is 14.7. The zero-order valence-electron chi connectivity index (χ0n) is 12.1. The molecule has 0 aliphatic heterocycles. The number of aromatic amines is 1. The Kier molecular flexibility index (Phi) is 5.19. The van der Waals surface area contributed by atoms with E-state index in [0.29, 0.717) is 22.8 Å². The minimum atomic E-state index is -0.796. The Morgan fingerprint density at radius 2 is 2.29 bits per heavy atom. The van der Waals surface area contributed by atoms with Gasteiger partial charge in [-0.3, -0.25) is 4.79 Å². The van der Waals surface area contributed by atoms with Crippen LogP contribution in [0.3, 0.4) is 0 Å². The second-order valence-corrected chi connectivity index (χ2v) is 6.61. The van der Waals surface area contributed by atoms with Gasteiger partial charge in [0.15, 0.2) is 6.29 Å². The minimum absolute atomic E-state index is 0.0415. The lowest BCUT2D eigenvalue weighted by Crippen LogP contribution is -2.09. The first-order valence-corrected chi connectivity index (χ1v) is 10.8. The summed E-state index contributed by atoms with van der Waals surface area (Å²) in [6, 6.07) is 8.20. The van der Waals surface area contributed by atoms with E-state index in [0.717, 1.165) is 0 Å². The van der Waals surface area contributed by atoms with Crippen LogP contribution in [-0.4, -0.2) is 16.3 Å². The lowest BCUT2D eigenvalue weighted by Gasteiger charge is -2.20. The van der Waals surface area contributed by atoms with Gasteiger partial charge in [-0.15, -0.1) is 0 Å². The molecule has 0 amide bonds. The summed E-state index contributed by atoms with van der Waals surface area (Å²) in [6.07, 6.45) is 2.95. The van der Waals surface area contributed by atoms with Gasteiger partial charge in [-0.25, -0.2) is 9.37 Å². The Hall–Kier alpha value is -1.88. The molecule has 3 rings (SSSR count). The molecule has 24 heavy (non-hydrogen) atoms. The molecular formula is C16H10FIN3O2P. The molecule has 120 valence electrons. The number of rotatable bonds is 5. The second kappa shape index (κ2) is 7.34. The first-order valence-electron chi connectivity index (χ1n) is 6.81. The molecule has 2 atom stereocenters. The van der Waals surface area contributed by atoms with Crippen LogP contribution in [0.1, 0.15) is 33.3 Å². The van der Waals surface area contributed by atoms with Crippen molar-refractivity contribution >= 4 is 45.7 Å². The Balaban J connectivity index is 2.25. The topological polar surface area (TPSA) is 78.8 Å². The van der Waals surface area contributed by atoms with E-state index in [1.807, 2.05) is 28.1 Å². The van der Waals surface area contributed by atoms with Crippen LogP contribution in [0.5, 0.6) is 0 Å². The maximum Gasteiger partial charge on any atom is 0.151 e. The van der Waals surface area contributed by atoms with Gasteiger partial charge < -0.3 is 9.51 Å². The average Bonchev–Trinajstić information content (AvgIpc) is 3.06. The smallest absolute Gasteiger partial charge is 0.151 e. The highest BCUT2D eigenvalue weighted by molar-refractivity contribution is 14.2. The summed E-state index contributed by atoms with van der Waals surface area (Å²) < 4.78 is 20.5. The van der Waals surface area contributed by atoms with E-state index < -0.39 is 11.9 Å². The quantitative estimate of drug-likeness (QED) is 0.352. The van der Waals surface area contributed by atoms with Crippen LogP contribution in [0, 0.1) is 17.1 Å². The van der Waals surface area contributed by atoms with Crippen molar-refractivity contribution in [1.82, 2.24) is 9.97 Å². The first-order chi connectivity index (χ1) is 11.7. The lowest BCUT2D eigenvalue weighted by molar-refractivity contribution is 0.112. The monoisotopic (exact) mass is 453 g/mol. The van der Waals surface area contributed by atoms with Crippen molar-refractivity contribution in [3.63, 3.8) is 0 Å². The van der Waals surface area contributed by atoms with Crippen molar-refractivity contribution in [2.45, 2.75) is 6.10 Å². The fraction of sp³-hybridized carbons (Fsp3) is 0.0625. The molecular weight excluding hydrogens is 443 g/mol. The summed E-state index contributed by atoms with van der Waals surface area (Å²) in [6.45, 7) is 0.0415. The van der Waals surface area contributed by atoms with Crippen molar-refractivity contribution in [2.24, 2.45) is 0 Å². The number of pyridine rings is 1. The zero-order chi connectivity index (χ0) is 17.1. The normalized spacial score (nSPS) is 12.5. The Labute approximate surface area is 151 Å². The van der Waals surface area contributed by atoms with Crippen LogP contribution in [-0.2, 0) is 4.52 Å². The van der Waals surface area contributed by atoms with Gasteiger partial charge in [-0.1, -0.05) is 0 Å². The molecule has 5 nitrogen and oxygen atoms in total. The molecule has 0 saturated carbocycles. The van der Waals surface area contributed by atoms with Crippen molar-refractivity contribution in [1.29, 1.82) is 5.26 Å². The summed E-state index contributed by atoms with van der Waals surface area (Å²) in [5, 5.41) is 9.65. The number of fused-ring (bicyclic) bond motifs is 1. The molecule has 3 aromatic rings. The Bertz CT molecular complexity index is 954. The number of nitriles is 1. The van der Waals surface area contributed by atoms with E-state index in [4.69, 9.17) is 9.79 Å². The summed E-state index contributed by atoms with van der Waals surface area (Å²) >= 11 is 2.03. The van der Waals surface area contributed by atoms with E-state index >= 15 is 0 Å². The number of benzene rings is 1. The third-order valence-electron chi connectivity index (χ3n) is 3.63. The van der Waals surface area contributed by atoms with E-state index in [2.05, 4.69) is 9.97 Å². The first kappa shape index (κ1) is 17.0. The molecule has 2 heterocycles. The lowest BCUT2D eigenvalue weighted by atomic mass is 9.94. The Morgan fingerprint density at radius 1 is 1.46 bits per heavy atom. The van der Waals surface area contributed by atoms with Gasteiger partial charge in [0.25, 0.3) is 0 Å². The number of hydrogen-bond acceptors (Lipinski definition) is 4. The standard InChI is InChI=1S/C16H10FIN3O2P/c17-13-6-14-11(2-4-21-14)12(8-22)15(13)16(23-24-18)9-1-3-20-10(5-9)7-19/h1-6,8,16,21,24H. The maximum absolute atomic E-state index is 14.7. The zero-order valence-corrected chi connectivity index (χ0v) is 15.2. The number of carbonyl (C=O) groups excluding carboxylic acids is 1. The molecule has 0 aliphatic carbocycles. The summed E-state index contributed by atoms with van der Waals surface area (Å²) in [7, 11) is 0. The molecule has 0 spiro atoms. The molecule has 0 saturated heterocycles. The highest BCUT2D eigenvalue weighted by atomic mass is 127. The summed E-state index contributed by atoms with van der Waals surface area (Å²) in [5.74, 6) is -0.540. The molecule has 2 unspecified atom stereocenters. The van der Waals surface area contributed by atoms with Gasteiger partial charge in [0.05, 0.1) is 6.45 Å². The molecule has 0 radical (unpaired) electrons. The van der Waals surface area contributed by atoms with Crippen molar-refractivity contribution in [3.8, 4) is 6.07 Å². The van der Waals surface area contributed by atoms with Gasteiger partial charge in [0, 0.05) is 34.4 Å². The third kappa shape index (κ3) is 3.05. The highest BCUT2D eigenvalue weighted by Crippen LogP contribution is 2.40. The van der Waals surface area contributed by atoms with Gasteiger partial charge in [-0.05, 0) is 51.9 Å². The summed E-state index contributed by atoms with van der Waals surface area (Å²) in [5.41, 5.74) is 1.72. The highest BCUT2D eigenvalue weighted by Gasteiger charge is 2.25. The fourth-order valence-electron chi connectivity index (χ4n) is 2.62. The Morgan fingerprint density at radius 3 is 3.00 bits per heavy atom. The third-order valence-corrected chi connectivity index (χ3v) is 4.72. The molecule has 1 N–H and O–H groups in total. The van der Waals surface area contributed by atoms with Gasteiger partial charge in [0.1, 0.15) is 23.7 Å². The van der Waals surface area contributed by atoms with E-state index in [1.165, 1.54) is 18.3 Å². The van der Waals surface area contributed by atoms with Crippen LogP contribution in [0.2, 0.25) is 0 Å². The molecule has 0 bridgehead atoms. The number of carbonyl (C=O) groups is 1. The number of hydrogen-bond donors (Lipinski definition) is 1. The molecule has 0 fully saturated rings. The van der Waals surface area contributed by atoms with Gasteiger partial charge in [-0.2, -0.15) is 5.26 Å². The summed E-state index contributed by atoms with van der Waals surface area (Å²) in [4.78, 5) is 18.5. The number of halogens is 2. The molecule has 1 aromatic carbocycles. The number of aromatic nitrogens is 2. The number of nitrogens with zero attached hydrogens (tertiary/aromatic N) is 2. The van der Waals surface area contributed by atoms with Gasteiger partial charge in [0.2, 0.25) is 0 Å². The van der Waals surface area contributed by atoms with Gasteiger partial charge >= 0.3 is 0 Å². The SMILES string of the molecule is N#Cc1cc(C(OPI)c2c(F)cc3[nH]ccc3c2C=O)ccn1. The van der Waals surface area contributed by atoms with Crippen LogP contribution < -0.4 is 0 Å². The van der Waals surface area contributed by atoms with E-state index in [1.54, 1.807) is 18.3 Å². The van der Waals surface area contributed by atoms with Crippen molar-refractivity contribution in [3.05, 3.63) is 64.9 Å². The predicted molar refractivity (Wildman–Crippen MR) is 97.9 cm³/mol. The van der Waals surface area contributed by atoms with Crippen LogP contribution in [0.25, 0.3) is 10.9 Å². The van der Waals surface area contributed by atoms with Crippen molar-refractivity contribution in [2.75, 3.05) is 0 Å². The van der Waals surface area contributed by atoms with Crippen LogP contribution >= 0.6 is 28.5 Å². The number of aldehydes is 1. The minimum Gasteiger partial charge on any atom is -0.361 e. The average molecular weight is 453 g/mol. The largest absolute Gasteiger partial charge is 0.361 e. The number of nitrogens with one attached hydrogen (secondary N) is 1. The van der Waals surface area contributed by atoms with Crippen molar-refractivity contribution < 1.29 is 13.7 Å². The molecule has 0 aliphatic rings. The number of H-pyrrole nitrogens is 1. The molecule has 2 aromatic heterocycles. The van der Waals surface area contributed by atoms with Crippen LogP contribution in [0.15, 0.2) is 36.7 Å². The second-order valence-electron chi connectivity index (χ2n) is 4.90. The van der Waals surface area contributed by atoms with E-state index in [-0.39, 0.29) is 23.3 Å². The molecule has 8 heteroatoms.